The SMILES string of the molecule is CC[C@@]1(O)C(=O)OCc2c1cc1n(c2=O)Cc2c-1nc1ccccc1c2/C=N\NC(=O)C(N)CS.Cl. The van der Waals surface area contributed by atoms with Gasteiger partial charge < -0.3 is 20.1 Å². The van der Waals surface area contributed by atoms with Gasteiger partial charge in [0, 0.05) is 27.8 Å². The van der Waals surface area contributed by atoms with Crippen LogP contribution in [-0.2, 0) is 33.1 Å². The van der Waals surface area contributed by atoms with Crippen molar-refractivity contribution in [2.24, 2.45) is 10.8 Å². The summed E-state index contributed by atoms with van der Waals surface area (Å²) in [4.78, 5) is 42.6. The van der Waals surface area contributed by atoms with Gasteiger partial charge >= 0.3 is 5.97 Å². The smallest absolute Gasteiger partial charge is 0.343 e. The summed E-state index contributed by atoms with van der Waals surface area (Å²) in [5.74, 6) is -1.07. The number of fused-ring (bicyclic) bond motifs is 5. The Morgan fingerprint density at radius 3 is 2.86 bits per heavy atom. The van der Waals surface area contributed by atoms with Crippen LogP contribution < -0.4 is 16.7 Å². The van der Waals surface area contributed by atoms with Gasteiger partial charge in [-0.05, 0) is 18.6 Å². The Bertz CT molecular complexity index is 1490. The molecule has 2 aliphatic rings. The molecule has 188 valence electrons. The van der Waals surface area contributed by atoms with Gasteiger partial charge in [-0.3, -0.25) is 9.59 Å². The molecule has 1 amide bonds. The topological polar surface area (TPSA) is 149 Å². The molecule has 2 atom stereocenters. The molecule has 0 saturated carbocycles. The fourth-order valence-electron chi connectivity index (χ4n) is 4.53. The number of nitrogens with two attached hydrogens (primary N) is 1. The molecule has 0 fully saturated rings. The third kappa shape index (κ3) is 3.88. The van der Waals surface area contributed by atoms with E-state index >= 15 is 0 Å². The zero-order valence-electron chi connectivity index (χ0n) is 19.2. The van der Waals surface area contributed by atoms with E-state index in [9.17, 15) is 19.5 Å². The van der Waals surface area contributed by atoms with Gasteiger partial charge in [-0.25, -0.2) is 15.2 Å². The summed E-state index contributed by atoms with van der Waals surface area (Å²) in [7, 11) is 0. The normalized spacial score (nSPS) is 18.7. The number of cyclic esters (lactones) is 1. The maximum Gasteiger partial charge on any atom is 0.343 e. The van der Waals surface area contributed by atoms with E-state index in [0.717, 1.165) is 10.9 Å². The van der Waals surface area contributed by atoms with Crippen LogP contribution in [0.2, 0.25) is 0 Å². The van der Waals surface area contributed by atoms with Crippen molar-refractivity contribution in [2.45, 2.75) is 38.1 Å². The molecule has 12 heteroatoms. The second-order valence-corrected chi connectivity index (χ2v) is 8.86. The van der Waals surface area contributed by atoms with Gasteiger partial charge in [-0.15, -0.1) is 12.4 Å². The first kappa shape index (κ1) is 25.8. The summed E-state index contributed by atoms with van der Waals surface area (Å²) in [6.45, 7) is 1.66. The van der Waals surface area contributed by atoms with Gasteiger partial charge in [0.15, 0.2) is 5.60 Å². The molecule has 0 spiro atoms. The Kier molecular flexibility index (Phi) is 6.93. The first-order chi connectivity index (χ1) is 16.8. The number of thiol groups is 1. The standard InChI is InChI=1S/C24H23N5O5S.ClH/c1-2-24(33)16-7-19-20-14(9-29(19)22(31)15(16)10-34-23(24)32)13(8-26-28-21(30)17(25)11-35)12-5-3-4-6-18(12)27-20;/h3-8,17,33,35H,2,9-11,25H2,1H3,(H,28,30);1H/b26-8-;/t17?,24-;/m0./s1. The van der Waals surface area contributed by atoms with Gasteiger partial charge in [0.2, 0.25) is 0 Å². The quantitative estimate of drug-likeness (QED) is 0.131. The first-order valence-corrected chi connectivity index (χ1v) is 11.7. The fourth-order valence-corrected chi connectivity index (χ4v) is 4.70. The van der Waals surface area contributed by atoms with Crippen molar-refractivity contribution in [3.05, 3.63) is 62.9 Å². The molecule has 4 heterocycles. The van der Waals surface area contributed by atoms with E-state index in [4.69, 9.17) is 15.5 Å². The fraction of sp³-hybridized carbons (Fsp3) is 0.292. The molecule has 2 aliphatic heterocycles. The number of rotatable bonds is 5. The monoisotopic (exact) mass is 529 g/mol. The predicted molar refractivity (Wildman–Crippen MR) is 139 cm³/mol. The highest BCUT2D eigenvalue weighted by Crippen LogP contribution is 2.39. The number of carbonyl (C=O) groups excluding carboxylic acids is 2. The lowest BCUT2D eigenvalue weighted by atomic mass is 9.86. The van der Waals surface area contributed by atoms with Crippen molar-refractivity contribution in [2.75, 3.05) is 5.75 Å². The van der Waals surface area contributed by atoms with Crippen LogP contribution in [0.15, 0.2) is 40.2 Å². The molecule has 3 aromatic rings. The zero-order valence-corrected chi connectivity index (χ0v) is 20.9. The lowest BCUT2D eigenvalue weighted by molar-refractivity contribution is -0.172. The van der Waals surface area contributed by atoms with Gasteiger partial charge in [-0.1, -0.05) is 25.1 Å². The first-order valence-electron chi connectivity index (χ1n) is 11.1. The van der Waals surface area contributed by atoms with Crippen LogP contribution in [-0.4, -0.2) is 44.5 Å². The van der Waals surface area contributed by atoms with Gasteiger partial charge in [0.25, 0.3) is 11.5 Å². The maximum absolute atomic E-state index is 13.4. The minimum absolute atomic E-state index is 0. The summed E-state index contributed by atoms with van der Waals surface area (Å²) >= 11 is 4.02. The van der Waals surface area contributed by atoms with E-state index in [1.54, 1.807) is 17.6 Å². The average Bonchev–Trinajstić information content (AvgIpc) is 3.24. The molecule has 36 heavy (non-hydrogen) atoms. The van der Waals surface area contributed by atoms with Crippen LogP contribution >= 0.6 is 25.0 Å². The average molecular weight is 530 g/mol. The van der Waals surface area contributed by atoms with Crippen molar-refractivity contribution in [1.82, 2.24) is 15.0 Å². The number of halogens is 1. The van der Waals surface area contributed by atoms with E-state index < -0.39 is 23.5 Å². The Morgan fingerprint density at radius 1 is 1.39 bits per heavy atom. The highest BCUT2D eigenvalue weighted by molar-refractivity contribution is 7.80. The molecule has 0 saturated heterocycles. The molecular formula is C24H24ClN5O5S. The lowest BCUT2D eigenvalue weighted by Gasteiger charge is -2.31. The van der Waals surface area contributed by atoms with Crippen molar-refractivity contribution in [1.29, 1.82) is 0 Å². The molecule has 5 rings (SSSR count). The number of hydrogen-bond acceptors (Lipinski definition) is 9. The second kappa shape index (κ2) is 9.66. The summed E-state index contributed by atoms with van der Waals surface area (Å²) in [6, 6.07) is 8.28. The van der Waals surface area contributed by atoms with Crippen LogP contribution in [0, 0.1) is 0 Å². The van der Waals surface area contributed by atoms with Crippen LogP contribution in [0.3, 0.4) is 0 Å². The Hall–Kier alpha value is -3.25. The number of amides is 1. The molecule has 0 aliphatic carbocycles. The number of para-hydroxylation sites is 1. The Labute approximate surface area is 217 Å². The largest absolute Gasteiger partial charge is 0.458 e. The molecule has 1 unspecified atom stereocenters. The highest BCUT2D eigenvalue weighted by Gasteiger charge is 2.45. The number of aromatic nitrogens is 2. The molecular weight excluding hydrogens is 506 g/mol. The van der Waals surface area contributed by atoms with Crippen LogP contribution in [0.1, 0.15) is 35.6 Å². The number of carbonyl (C=O) groups is 2. The molecule has 0 radical (unpaired) electrons. The predicted octanol–water partition coefficient (Wildman–Crippen LogP) is 1.21. The number of aliphatic hydroxyl groups is 1. The molecule has 4 N–H and O–H groups in total. The van der Waals surface area contributed by atoms with E-state index in [-0.39, 0.29) is 54.4 Å². The third-order valence-electron chi connectivity index (χ3n) is 6.54. The van der Waals surface area contributed by atoms with Crippen LogP contribution in [0.4, 0.5) is 0 Å². The van der Waals surface area contributed by atoms with Crippen molar-refractivity contribution in [3.8, 4) is 11.4 Å². The van der Waals surface area contributed by atoms with E-state index in [0.29, 0.717) is 22.5 Å². The summed E-state index contributed by atoms with van der Waals surface area (Å²) < 4.78 is 6.68. The number of hydrogen-bond donors (Lipinski definition) is 4. The minimum Gasteiger partial charge on any atom is -0.458 e. The van der Waals surface area contributed by atoms with E-state index in [1.807, 2.05) is 24.3 Å². The third-order valence-corrected chi connectivity index (χ3v) is 6.93. The van der Waals surface area contributed by atoms with Crippen LogP contribution in [0.5, 0.6) is 0 Å². The van der Waals surface area contributed by atoms with Gasteiger partial charge in [0.05, 0.1) is 41.3 Å². The summed E-state index contributed by atoms with van der Waals surface area (Å²) in [5, 5.41) is 15.9. The summed E-state index contributed by atoms with van der Waals surface area (Å²) in [5.41, 5.74) is 9.46. The molecule has 0 bridgehead atoms. The van der Waals surface area contributed by atoms with E-state index in [2.05, 4.69) is 23.2 Å². The Balaban J connectivity index is 0.00000304. The zero-order chi connectivity index (χ0) is 24.9. The lowest BCUT2D eigenvalue weighted by Crippen LogP contribution is -2.44. The number of benzene rings is 1. The van der Waals surface area contributed by atoms with Gasteiger partial charge in [0.1, 0.15) is 6.61 Å². The second-order valence-electron chi connectivity index (χ2n) is 8.50. The van der Waals surface area contributed by atoms with Crippen LogP contribution in [0.25, 0.3) is 22.3 Å². The summed E-state index contributed by atoms with van der Waals surface area (Å²) in [6.07, 6.45) is 1.57. The number of ether oxygens (including phenoxy) is 1. The molecule has 10 nitrogen and oxygen atoms in total. The van der Waals surface area contributed by atoms with Crippen molar-refractivity contribution in [3.63, 3.8) is 0 Å². The number of nitrogens with zero attached hydrogens (tertiary/aromatic N) is 3. The number of pyridine rings is 2. The Morgan fingerprint density at radius 2 is 2.14 bits per heavy atom. The van der Waals surface area contributed by atoms with Crippen molar-refractivity contribution < 1.29 is 19.4 Å². The van der Waals surface area contributed by atoms with Crippen molar-refractivity contribution >= 4 is 54.0 Å². The molecule has 1 aromatic carbocycles. The number of hydrazone groups is 1. The number of nitrogens with one attached hydrogen (secondary N) is 1. The maximum atomic E-state index is 13.4. The highest BCUT2D eigenvalue weighted by atomic mass is 35.5. The molecule has 2 aromatic heterocycles. The minimum atomic E-state index is -1.90. The number of esters is 1. The van der Waals surface area contributed by atoms with E-state index in [1.165, 1.54) is 6.21 Å². The van der Waals surface area contributed by atoms with Gasteiger partial charge in [-0.2, -0.15) is 17.7 Å².